The van der Waals surface area contributed by atoms with E-state index in [1.807, 2.05) is 0 Å². The van der Waals surface area contributed by atoms with Gasteiger partial charge in [-0.15, -0.1) is 0 Å². The van der Waals surface area contributed by atoms with Gasteiger partial charge in [0, 0.05) is 24.2 Å². The van der Waals surface area contributed by atoms with Gasteiger partial charge in [-0.05, 0) is 65.7 Å². The Bertz CT molecular complexity index is 378. The summed E-state index contributed by atoms with van der Waals surface area (Å²) in [4.78, 5) is 2.44. The predicted octanol–water partition coefficient (Wildman–Crippen LogP) is 3.36. The van der Waals surface area contributed by atoms with Crippen molar-refractivity contribution in [1.29, 1.82) is 0 Å². The van der Waals surface area contributed by atoms with Crippen molar-refractivity contribution in [3.05, 3.63) is 28.2 Å². The van der Waals surface area contributed by atoms with Gasteiger partial charge in [-0.2, -0.15) is 0 Å². The Morgan fingerprint density at radius 3 is 3.00 bits per heavy atom. The molecule has 1 unspecified atom stereocenters. The molecule has 0 spiro atoms. The van der Waals surface area contributed by atoms with Crippen LogP contribution in [0.25, 0.3) is 0 Å². The Morgan fingerprint density at radius 2 is 2.29 bits per heavy atom. The quantitative estimate of drug-likeness (QED) is 0.925. The number of aliphatic hydroxyl groups excluding tert-OH is 1. The second-order valence-corrected chi connectivity index (χ2v) is 5.78. The van der Waals surface area contributed by atoms with E-state index < -0.39 is 0 Å². The molecule has 1 N–H and O–H groups in total. The van der Waals surface area contributed by atoms with Gasteiger partial charge >= 0.3 is 0 Å². The van der Waals surface area contributed by atoms with Crippen molar-refractivity contribution in [2.24, 2.45) is 5.92 Å². The third-order valence-corrected chi connectivity index (χ3v) is 4.14. The highest BCUT2D eigenvalue weighted by molar-refractivity contribution is 9.10. The molecule has 0 amide bonds. The summed E-state index contributed by atoms with van der Waals surface area (Å²) in [7, 11) is 0. The lowest BCUT2D eigenvalue weighted by Gasteiger charge is -2.35. The Morgan fingerprint density at radius 1 is 1.47 bits per heavy atom. The zero-order chi connectivity index (χ0) is 12.3. The van der Waals surface area contributed by atoms with Crippen molar-refractivity contribution < 1.29 is 5.11 Å². The molecule has 1 fully saturated rings. The maximum Gasteiger partial charge on any atom is 0.0510 e. The van der Waals surface area contributed by atoms with E-state index in [0.29, 0.717) is 12.5 Å². The Balaban J connectivity index is 2.10. The first-order valence-corrected chi connectivity index (χ1v) is 7.12. The highest BCUT2D eigenvalue weighted by Gasteiger charge is 2.20. The summed E-state index contributed by atoms with van der Waals surface area (Å²) in [6, 6.07) is 6.53. The van der Waals surface area contributed by atoms with Crippen molar-refractivity contribution in [3.63, 3.8) is 0 Å². The molecule has 0 radical (unpaired) electrons. The van der Waals surface area contributed by atoms with Gasteiger partial charge in [-0.3, -0.25) is 0 Å². The number of nitrogens with zero attached hydrogens (tertiary/aromatic N) is 1. The van der Waals surface area contributed by atoms with Crippen LogP contribution in [0.1, 0.15) is 24.8 Å². The fourth-order valence-corrected chi connectivity index (χ4v) is 3.31. The fraction of sp³-hybridized carbons (Fsp3) is 0.571. The summed E-state index contributed by atoms with van der Waals surface area (Å²) in [5.41, 5.74) is 2.57. The Labute approximate surface area is 112 Å². The first-order chi connectivity index (χ1) is 8.20. The molecule has 1 aromatic carbocycles. The minimum atomic E-state index is 0.313. The van der Waals surface area contributed by atoms with E-state index in [9.17, 15) is 0 Å². The van der Waals surface area contributed by atoms with Crippen LogP contribution in [-0.2, 0) is 0 Å². The molecule has 1 saturated heterocycles. The van der Waals surface area contributed by atoms with Crippen LogP contribution in [0.15, 0.2) is 22.7 Å². The molecule has 2 rings (SSSR count). The van der Waals surface area contributed by atoms with Crippen molar-refractivity contribution in [2.45, 2.75) is 26.2 Å². The second kappa shape index (κ2) is 5.87. The Kier molecular flexibility index (Phi) is 4.46. The number of aryl methyl sites for hydroxylation is 1. The molecule has 0 aromatic heterocycles. The summed E-state index contributed by atoms with van der Waals surface area (Å²) in [6.07, 6.45) is 3.41. The van der Waals surface area contributed by atoms with Gasteiger partial charge in [0.2, 0.25) is 0 Å². The average Bonchev–Trinajstić information content (AvgIpc) is 2.29. The van der Waals surface area contributed by atoms with Gasteiger partial charge in [0.1, 0.15) is 0 Å². The monoisotopic (exact) mass is 297 g/mol. The maximum atomic E-state index is 9.04. The average molecular weight is 298 g/mol. The zero-order valence-corrected chi connectivity index (χ0v) is 11.9. The highest BCUT2D eigenvalue weighted by atomic mass is 79.9. The molecule has 0 saturated carbocycles. The third kappa shape index (κ3) is 3.23. The normalized spacial score (nSPS) is 20.6. The number of anilines is 1. The van der Waals surface area contributed by atoms with Gasteiger partial charge < -0.3 is 10.0 Å². The van der Waals surface area contributed by atoms with Crippen LogP contribution in [0.4, 0.5) is 5.69 Å². The maximum absolute atomic E-state index is 9.04. The lowest BCUT2D eigenvalue weighted by Crippen LogP contribution is -2.35. The van der Waals surface area contributed by atoms with E-state index >= 15 is 0 Å². The first-order valence-electron chi connectivity index (χ1n) is 6.32. The number of hydrogen-bond acceptors (Lipinski definition) is 2. The topological polar surface area (TPSA) is 23.5 Å². The van der Waals surface area contributed by atoms with E-state index in [4.69, 9.17) is 5.11 Å². The summed E-state index contributed by atoms with van der Waals surface area (Å²) in [5.74, 6) is 0.641. The molecule has 94 valence electrons. The largest absolute Gasteiger partial charge is 0.396 e. The standard InChI is InChI=1S/C14H20BrNO/c1-11-4-5-14(13(15)9-11)16-7-2-3-12(10-16)6-8-17/h4-5,9,12,17H,2-3,6-8,10H2,1H3. The van der Waals surface area contributed by atoms with Crippen molar-refractivity contribution in [3.8, 4) is 0 Å². The summed E-state index contributed by atoms with van der Waals surface area (Å²) >= 11 is 3.65. The lowest BCUT2D eigenvalue weighted by molar-refractivity contribution is 0.244. The molecular weight excluding hydrogens is 278 g/mol. The van der Waals surface area contributed by atoms with Gasteiger partial charge in [0.25, 0.3) is 0 Å². The minimum Gasteiger partial charge on any atom is -0.396 e. The molecule has 1 aliphatic heterocycles. The molecule has 0 bridgehead atoms. The molecule has 17 heavy (non-hydrogen) atoms. The number of rotatable bonds is 3. The lowest BCUT2D eigenvalue weighted by atomic mass is 9.95. The van der Waals surface area contributed by atoms with E-state index in [1.54, 1.807) is 0 Å². The SMILES string of the molecule is Cc1ccc(N2CCCC(CCO)C2)c(Br)c1. The zero-order valence-electron chi connectivity index (χ0n) is 10.3. The van der Waals surface area contributed by atoms with Crippen molar-refractivity contribution in [1.82, 2.24) is 0 Å². The number of piperidine rings is 1. The van der Waals surface area contributed by atoms with Gasteiger partial charge in [0.05, 0.1) is 5.69 Å². The third-order valence-electron chi connectivity index (χ3n) is 3.50. The molecular formula is C14H20BrNO. The Hall–Kier alpha value is -0.540. The van der Waals surface area contributed by atoms with E-state index in [1.165, 1.54) is 28.6 Å². The van der Waals surface area contributed by atoms with Crippen LogP contribution in [0.3, 0.4) is 0 Å². The molecule has 1 aromatic rings. The number of hydrogen-bond donors (Lipinski definition) is 1. The van der Waals surface area contributed by atoms with Crippen molar-refractivity contribution in [2.75, 3.05) is 24.6 Å². The molecule has 1 atom stereocenters. The predicted molar refractivity (Wildman–Crippen MR) is 75.5 cm³/mol. The molecule has 1 heterocycles. The van der Waals surface area contributed by atoms with E-state index in [0.717, 1.165) is 19.5 Å². The van der Waals surface area contributed by atoms with Crippen LogP contribution in [-0.4, -0.2) is 24.8 Å². The van der Waals surface area contributed by atoms with Crippen LogP contribution < -0.4 is 4.90 Å². The number of benzene rings is 1. The summed E-state index contributed by atoms with van der Waals surface area (Å²) in [5, 5.41) is 9.04. The smallest absolute Gasteiger partial charge is 0.0510 e. The van der Waals surface area contributed by atoms with Gasteiger partial charge in [0.15, 0.2) is 0 Å². The van der Waals surface area contributed by atoms with Gasteiger partial charge in [-0.25, -0.2) is 0 Å². The van der Waals surface area contributed by atoms with Crippen LogP contribution in [0.2, 0.25) is 0 Å². The van der Waals surface area contributed by atoms with Crippen molar-refractivity contribution >= 4 is 21.6 Å². The fourth-order valence-electron chi connectivity index (χ4n) is 2.57. The second-order valence-electron chi connectivity index (χ2n) is 4.92. The number of halogens is 1. The highest BCUT2D eigenvalue weighted by Crippen LogP contribution is 2.31. The molecule has 0 aliphatic carbocycles. The van der Waals surface area contributed by atoms with Crippen LogP contribution in [0.5, 0.6) is 0 Å². The van der Waals surface area contributed by atoms with Crippen LogP contribution >= 0.6 is 15.9 Å². The molecule has 1 aliphatic rings. The summed E-state index contributed by atoms with van der Waals surface area (Å²) < 4.78 is 1.18. The van der Waals surface area contributed by atoms with Crippen LogP contribution in [0, 0.1) is 12.8 Å². The summed E-state index contributed by atoms with van der Waals surface area (Å²) in [6.45, 7) is 4.62. The molecule has 3 heteroatoms. The molecule has 2 nitrogen and oxygen atoms in total. The minimum absolute atomic E-state index is 0.313. The van der Waals surface area contributed by atoms with Gasteiger partial charge in [-0.1, -0.05) is 6.07 Å². The van der Waals surface area contributed by atoms with E-state index in [2.05, 4.69) is 46.0 Å². The van der Waals surface area contributed by atoms with E-state index in [-0.39, 0.29) is 0 Å². The first kappa shape index (κ1) is 12.9. The number of aliphatic hydroxyl groups is 1.